The maximum Gasteiger partial charge on any atom is 0.195 e. The van der Waals surface area contributed by atoms with Crippen LogP contribution in [-0.4, -0.2) is 16.6 Å². The Labute approximate surface area is 135 Å². The van der Waals surface area contributed by atoms with Gasteiger partial charge in [0, 0.05) is 16.8 Å². The average Bonchev–Trinajstić information content (AvgIpc) is 2.93. The first-order valence-corrected chi connectivity index (χ1v) is 7.48. The number of Topliss-reactive ketones (excluding diaryl/α,β-unsaturated/α-hetero) is 1. The highest BCUT2D eigenvalue weighted by Crippen LogP contribution is 2.30. The zero-order valence-electron chi connectivity index (χ0n) is 13.1. The third-order valence-corrected chi connectivity index (χ3v) is 3.87. The van der Waals surface area contributed by atoms with Gasteiger partial charge in [-0.15, -0.1) is 0 Å². The Morgan fingerprint density at radius 3 is 1.96 bits per heavy atom. The van der Waals surface area contributed by atoms with Crippen molar-refractivity contribution in [2.24, 2.45) is 0 Å². The minimum absolute atomic E-state index is 0.111. The Kier molecular flexibility index (Phi) is 3.94. The van der Waals surface area contributed by atoms with Crippen LogP contribution in [-0.2, 0) is 0 Å². The van der Waals surface area contributed by atoms with Crippen LogP contribution in [0.25, 0.3) is 11.3 Å². The van der Waals surface area contributed by atoms with E-state index < -0.39 is 0 Å². The fourth-order valence-corrected chi connectivity index (χ4v) is 2.85. The van der Waals surface area contributed by atoms with Gasteiger partial charge in [0.1, 0.15) is 0 Å². The normalized spacial score (nSPS) is 10.5. The fraction of sp³-hybridized carbons (Fsp3) is 0.100. The molecule has 0 radical (unpaired) electrons. The molecule has 3 rings (SSSR count). The van der Waals surface area contributed by atoms with Gasteiger partial charge in [0.2, 0.25) is 0 Å². The number of carbonyl (C=O) groups is 2. The lowest BCUT2D eigenvalue weighted by Gasteiger charge is -2.06. The van der Waals surface area contributed by atoms with Gasteiger partial charge in [-0.1, -0.05) is 60.7 Å². The second kappa shape index (κ2) is 6.05. The third kappa shape index (κ3) is 2.73. The summed E-state index contributed by atoms with van der Waals surface area (Å²) in [5.41, 5.74) is 3.80. The number of rotatable bonds is 4. The zero-order chi connectivity index (χ0) is 16.4. The van der Waals surface area contributed by atoms with Crippen LogP contribution in [0.15, 0.2) is 60.7 Å². The topological polar surface area (TPSA) is 49.9 Å². The quantitative estimate of drug-likeness (QED) is 0.725. The second-order valence-electron chi connectivity index (χ2n) is 5.49. The number of hydrogen-bond donors (Lipinski definition) is 1. The molecule has 3 aromatic rings. The molecule has 114 valence electrons. The van der Waals surface area contributed by atoms with Crippen LogP contribution in [0.1, 0.15) is 38.9 Å². The van der Waals surface area contributed by atoms with Gasteiger partial charge in [-0.3, -0.25) is 9.59 Å². The molecule has 0 amide bonds. The summed E-state index contributed by atoms with van der Waals surface area (Å²) in [7, 11) is 0. The van der Waals surface area contributed by atoms with Gasteiger partial charge in [-0.05, 0) is 19.4 Å². The Bertz CT molecular complexity index is 861. The molecule has 1 heterocycles. The van der Waals surface area contributed by atoms with E-state index in [4.69, 9.17) is 0 Å². The van der Waals surface area contributed by atoms with Crippen molar-refractivity contribution in [1.82, 2.24) is 4.98 Å². The molecule has 1 N–H and O–H groups in total. The Balaban J connectivity index is 2.25. The number of aromatic amines is 1. The predicted octanol–water partition coefficient (Wildman–Crippen LogP) is 4.42. The van der Waals surface area contributed by atoms with E-state index in [1.54, 1.807) is 12.1 Å². The summed E-state index contributed by atoms with van der Waals surface area (Å²) >= 11 is 0. The van der Waals surface area contributed by atoms with Crippen molar-refractivity contribution in [1.29, 1.82) is 0 Å². The van der Waals surface area contributed by atoms with Gasteiger partial charge in [-0.2, -0.15) is 0 Å². The summed E-state index contributed by atoms with van der Waals surface area (Å²) in [6, 6.07) is 18.6. The summed E-state index contributed by atoms with van der Waals surface area (Å²) in [6.45, 7) is 3.32. The summed E-state index contributed by atoms with van der Waals surface area (Å²) in [6.07, 6.45) is 0. The molecule has 0 unspecified atom stereocenters. The first-order chi connectivity index (χ1) is 11.1. The average molecular weight is 303 g/mol. The Morgan fingerprint density at radius 1 is 0.826 bits per heavy atom. The van der Waals surface area contributed by atoms with Gasteiger partial charge in [0.25, 0.3) is 0 Å². The van der Waals surface area contributed by atoms with Crippen LogP contribution in [0.2, 0.25) is 0 Å². The van der Waals surface area contributed by atoms with E-state index in [2.05, 4.69) is 4.98 Å². The summed E-state index contributed by atoms with van der Waals surface area (Å²) in [4.78, 5) is 28.3. The van der Waals surface area contributed by atoms with Crippen LogP contribution < -0.4 is 0 Å². The van der Waals surface area contributed by atoms with Crippen molar-refractivity contribution in [3.05, 3.63) is 83.0 Å². The van der Waals surface area contributed by atoms with Crippen molar-refractivity contribution in [2.75, 3.05) is 0 Å². The number of hydrogen-bond acceptors (Lipinski definition) is 2. The molecule has 0 aliphatic carbocycles. The minimum atomic E-state index is -0.140. The lowest BCUT2D eigenvalue weighted by molar-refractivity contribution is 0.0991. The van der Waals surface area contributed by atoms with Gasteiger partial charge >= 0.3 is 0 Å². The van der Waals surface area contributed by atoms with Gasteiger partial charge in [0.05, 0.1) is 11.3 Å². The lowest BCUT2D eigenvalue weighted by Crippen LogP contribution is -2.08. The molecule has 0 spiro atoms. The second-order valence-corrected chi connectivity index (χ2v) is 5.49. The first kappa shape index (κ1) is 15.0. The molecule has 0 atom stereocenters. The number of carbonyl (C=O) groups excluding carboxylic acids is 2. The standard InChI is InChI=1S/C20H17NO2/c1-13-17(14(2)22)18(20(23)16-11-7-4-8-12-16)19(21-13)15-9-5-3-6-10-15/h3-12,21H,1-2H3. The van der Waals surface area contributed by atoms with Crippen molar-refractivity contribution in [2.45, 2.75) is 13.8 Å². The molecular formula is C20H17NO2. The third-order valence-electron chi connectivity index (χ3n) is 3.87. The Hall–Kier alpha value is -2.94. The number of H-pyrrole nitrogens is 1. The Morgan fingerprint density at radius 2 is 1.39 bits per heavy atom. The molecule has 0 aliphatic rings. The number of nitrogens with one attached hydrogen (secondary N) is 1. The summed E-state index contributed by atoms with van der Waals surface area (Å²) in [5.74, 6) is -0.251. The predicted molar refractivity (Wildman–Crippen MR) is 90.8 cm³/mol. The summed E-state index contributed by atoms with van der Waals surface area (Å²) in [5, 5.41) is 0. The number of aromatic nitrogens is 1. The highest BCUT2D eigenvalue weighted by atomic mass is 16.1. The van der Waals surface area contributed by atoms with Crippen molar-refractivity contribution in [3.63, 3.8) is 0 Å². The molecule has 23 heavy (non-hydrogen) atoms. The van der Waals surface area contributed by atoms with E-state index in [9.17, 15) is 9.59 Å². The summed E-state index contributed by atoms with van der Waals surface area (Å²) < 4.78 is 0. The molecule has 0 fully saturated rings. The highest BCUT2D eigenvalue weighted by Gasteiger charge is 2.25. The van der Waals surface area contributed by atoms with E-state index in [-0.39, 0.29) is 11.6 Å². The van der Waals surface area contributed by atoms with Crippen LogP contribution in [0.3, 0.4) is 0 Å². The van der Waals surface area contributed by atoms with Gasteiger partial charge in [-0.25, -0.2) is 0 Å². The van der Waals surface area contributed by atoms with Crippen LogP contribution in [0.4, 0.5) is 0 Å². The van der Waals surface area contributed by atoms with E-state index in [1.807, 2.05) is 55.5 Å². The van der Waals surface area contributed by atoms with E-state index >= 15 is 0 Å². The van der Waals surface area contributed by atoms with Crippen molar-refractivity contribution >= 4 is 11.6 Å². The van der Waals surface area contributed by atoms with E-state index in [0.29, 0.717) is 22.4 Å². The van der Waals surface area contributed by atoms with E-state index in [0.717, 1.165) is 11.3 Å². The number of aryl methyl sites for hydroxylation is 1. The molecule has 0 bridgehead atoms. The molecule has 2 aromatic carbocycles. The molecule has 0 aliphatic heterocycles. The molecule has 3 heteroatoms. The highest BCUT2D eigenvalue weighted by molar-refractivity contribution is 6.19. The van der Waals surface area contributed by atoms with Crippen LogP contribution >= 0.6 is 0 Å². The lowest BCUT2D eigenvalue weighted by atomic mass is 9.94. The van der Waals surface area contributed by atoms with Crippen LogP contribution in [0.5, 0.6) is 0 Å². The maximum atomic E-state index is 13.0. The van der Waals surface area contributed by atoms with Crippen LogP contribution in [0, 0.1) is 6.92 Å². The number of ketones is 2. The molecule has 1 aromatic heterocycles. The molecule has 0 saturated carbocycles. The first-order valence-electron chi connectivity index (χ1n) is 7.48. The molecular weight excluding hydrogens is 286 g/mol. The van der Waals surface area contributed by atoms with E-state index in [1.165, 1.54) is 6.92 Å². The van der Waals surface area contributed by atoms with Crippen molar-refractivity contribution < 1.29 is 9.59 Å². The van der Waals surface area contributed by atoms with Gasteiger partial charge < -0.3 is 4.98 Å². The molecule has 3 nitrogen and oxygen atoms in total. The number of benzene rings is 2. The minimum Gasteiger partial charge on any atom is -0.357 e. The SMILES string of the molecule is CC(=O)c1c(C)[nH]c(-c2ccccc2)c1C(=O)c1ccccc1. The maximum absolute atomic E-state index is 13.0. The monoisotopic (exact) mass is 303 g/mol. The molecule has 0 saturated heterocycles. The fourth-order valence-electron chi connectivity index (χ4n) is 2.85. The van der Waals surface area contributed by atoms with Crippen molar-refractivity contribution in [3.8, 4) is 11.3 Å². The smallest absolute Gasteiger partial charge is 0.195 e. The van der Waals surface area contributed by atoms with Gasteiger partial charge in [0.15, 0.2) is 11.6 Å². The zero-order valence-corrected chi connectivity index (χ0v) is 13.1. The largest absolute Gasteiger partial charge is 0.357 e.